The van der Waals surface area contributed by atoms with Crippen molar-refractivity contribution in [3.05, 3.63) is 34.9 Å². The normalized spacial score (nSPS) is 25.2. The summed E-state index contributed by atoms with van der Waals surface area (Å²) in [6.45, 7) is 0.580. The summed E-state index contributed by atoms with van der Waals surface area (Å²) in [5.41, 5.74) is 0.973. The highest BCUT2D eigenvalue weighted by Crippen LogP contribution is 2.49. The van der Waals surface area contributed by atoms with Crippen molar-refractivity contribution in [3.63, 3.8) is 0 Å². The fourth-order valence-electron chi connectivity index (χ4n) is 3.57. The second-order valence-corrected chi connectivity index (χ2v) is 6.56. The third-order valence-electron chi connectivity index (χ3n) is 4.90. The largest absolute Gasteiger partial charge is 0.372 e. The first-order valence-corrected chi connectivity index (χ1v) is 7.98. The van der Waals surface area contributed by atoms with Crippen LogP contribution in [0.5, 0.6) is 0 Å². The average Bonchev–Trinajstić information content (AvgIpc) is 2.73. The number of ether oxygens (including phenoxy) is 1. The summed E-state index contributed by atoms with van der Waals surface area (Å²) >= 11 is 5.88. The van der Waals surface area contributed by atoms with E-state index in [4.69, 9.17) is 16.3 Å². The highest BCUT2D eigenvalue weighted by Gasteiger charge is 2.54. The number of rotatable bonds is 3. The maximum absolute atomic E-state index is 12.1. The van der Waals surface area contributed by atoms with E-state index in [1.807, 2.05) is 24.3 Å². The van der Waals surface area contributed by atoms with Crippen molar-refractivity contribution in [1.29, 1.82) is 0 Å². The van der Waals surface area contributed by atoms with Crippen LogP contribution in [0.15, 0.2) is 24.3 Å². The fraction of sp³-hybridized carbons (Fsp3) is 0.588. The predicted molar refractivity (Wildman–Crippen MR) is 79.8 cm³/mol. The molecular weight excluding hydrogens is 272 g/mol. The molecule has 0 radical (unpaired) electrons. The first-order valence-electron chi connectivity index (χ1n) is 7.60. The molecule has 2 fully saturated rings. The topological polar surface area (TPSA) is 26.3 Å². The Balaban J connectivity index is 1.62. The van der Waals surface area contributed by atoms with E-state index >= 15 is 0 Å². The van der Waals surface area contributed by atoms with E-state index in [0.29, 0.717) is 18.8 Å². The minimum absolute atomic E-state index is 0.128. The lowest BCUT2D eigenvalue weighted by Gasteiger charge is -2.47. The highest BCUT2D eigenvalue weighted by molar-refractivity contribution is 6.30. The molecule has 0 bridgehead atoms. The number of hydrogen-bond acceptors (Lipinski definition) is 2. The van der Waals surface area contributed by atoms with Crippen LogP contribution < -0.4 is 0 Å². The SMILES string of the molecule is O=C1CC(OCc2ccc(Cl)cc2)C12CCCCCC2. The summed E-state index contributed by atoms with van der Waals surface area (Å²) in [4.78, 5) is 12.1. The summed E-state index contributed by atoms with van der Waals surface area (Å²) in [5.74, 6) is 0.431. The van der Waals surface area contributed by atoms with Crippen LogP contribution in [-0.4, -0.2) is 11.9 Å². The van der Waals surface area contributed by atoms with Crippen LogP contribution in [-0.2, 0) is 16.1 Å². The van der Waals surface area contributed by atoms with Gasteiger partial charge in [-0.25, -0.2) is 0 Å². The van der Waals surface area contributed by atoms with Gasteiger partial charge in [0.2, 0.25) is 0 Å². The molecule has 1 aromatic rings. The Bertz CT molecular complexity index is 472. The first kappa shape index (κ1) is 14.1. The second kappa shape index (κ2) is 5.87. The number of benzene rings is 1. The third-order valence-corrected chi connectivity index (χ3v) is 5.15. The van der Waals surface area contributed by atoms with Gasteiger partial charge < -0.3 is 4.74 Å². The zero-order valence-electron chi connectivity index (χ0n) is 11.7. The van der Waals surface area contributed by atoms with Gasteiger partial charge in [0.15, 0.2) is 0 Å². The molecule has 3 heteroatoms. The molecule has 2 nitrogen and oxygen atoms in total. The molecule has 2 aliphatic carbocycles. The smallest absolute Gasteiger partial charge is 0.144 e. The summed E-state index contributed by atoms with van der Waals surface area (Å²) < 4.78 is 6.06. The molecule has 1 unspecified atom stereocenters. The third kappa shape index (κ3) is 2.64. The van der Waals surface area contributed by atoms with Gasteiger partial charge in [-0.3, -0.25) is 4.79 Å². The molecule has 0 saturated heterocycles. The Morgan fingerprint density at radius 3 is 2.35 bits per heavy atom. The van der Waals surface area contributed by atoms with Crippen molar-refractivity contribution in [1.82, 2.24) is 0 Å². The van der Waals surface area contributed by atoms with E-state index in [1.165, 1.54) is 25.7 Å². The minimum Gasteiger partial charge on any atom is -0.372 e. The molecule has 3 rings (SSSR count). The van der Waals surface area contributed by atoms with Crippen LogP contribution in [0, 0.1) is 5.41 Å². The van der Waals surface area contributed by atoms with Gasteiger partial charge in [0.05, 0.1) is 18.1 Å². The van der Waals surface area contributed by atoms with Crippen LogP contribution in [0.4, 0.5) is 0 Å². The first-order chi connectivity index (χ1) is 9.71. The van der Waals surface area contributed by atoms with E-state index in [2.05, 4.69) is 0 Å². The number of Topliss-reactive ketones (excluding diaryl/α,β-unsaturated/α-hetero) is 1. The monoisotopic (exact) mass is 292 g/mol. The molecule has 0 heterocycles. The fourth-order valence-corrected chi connectivity index (χ4v) is 3.70. The van der Waals surface area contributed by atoms with Gasteiger partial charge in [0.1, 0.15) is 5.78 Å². The van der Waals surface area contributed by atoms with Crippen LogP contribution in [0.3, 0.4) is 0 Å². The maximum atomic E-state index is 12.1. The predicted octanol–water partition coefficient (Wildman–Crippen LogP) is 4.54. The van der Waals surface area contributed by atoms with Gasteiger partial charge in [0, 0.05) is 11.4 Å². The van der Waals surface area contributed by atoms with Gasteiger partial charge >= 0.3 is 0 Å². The molecule has 0 aromatic heterocycles. The van der Waals surface area contributed by atoms with Crippen molar-refractivity contribution in [2.45, 2.75) is 57.7 Å². The lowest BCUT2D eigenvalue weighted by Crippen LogP contribution is -2.55. The highest BCUT2D eigenvalue weighted by atomic mass is 35.5. The van der Waals surface area contributed by atoms with Crippen LogP contribution in [0.2, 0.25) is 5.02 Å². The Kier molecular flexibility index (Phi) is 4.13. The number of carbonyl (C=O) groups excluding carboxylic acids is 1. The molecule has 108 valence electrons. The molecule has 20 heavy (non-hydrogen) atoms. The summed E-state index contributed by atoms with van der Waals surface area (Å²) in [6, 6.07) is 7.74. The Morgan fingerprint density at radius 2 is 1.75 bits per heavy atom. The molecular formula is C17H21ClO2. The van der Waals surface area contributed by atoms with Crippen LogP contribution in [0.25, 0.3) is 0 Å². The second-order valence-electron chi connectivity index (χ2n) is 6.12. The molecule has 1 aromatic carbocycles. The summed E-state index contributed by atoms with van der Waals surface area (Å²) in [7, 11) is 0. The molecule has 0 N–H and O–H groups in total. The molecule has 0 aliphatic heterocycles. The number of carbonyl (C=O) groups is 1. The summed E-state index contributed by atoms with van der Waals surface area (Å²) in [5, 5.41) is 0.743. The van der Waals surface area contributed by atoms with Crippen molar-refractivity contribution < 1.29 is 9.53 Å². The average molecular weight is 293 g/mol. The van der Waals surface area contributed by atoms with Crippen LogP contribution in [0.1, 0.15) is 50.5 Å². The number of ketones is 1. The Hall–Kier alpha value is -0.860. The number of hydrogen-bond donors (Lipinski definition) is 0. The lowest BCUT2D eigenvalue weighted by molar-refractivity contribution is -0.168. The van der Waals surface area contributed by atoms with Crippen molar-refractivity contribution >= 4 is 17.4 Å². The summed E-state index contributed by atoms with van der Waals surface area (Å²) in [6.07, 6.45) is 7.66. The Morgan fingerprint density at radius 1 is 1.10 bits per heavy atom. The molecule has 0 amide bonds. The standard InChI is InChI=1S/C17H21ClO2/c18-14-7-5-13(6-8-14)12-20-16-11-15(19)17(16)9-3-1-2-4-10-17/h5-8,16H,1-4,9-12H2. The molecule has 2 aliphatic rings. The molecule has 2 saturated carbocycles. The van der Waals surface area contributed by atoms with Gasteiger partial charge in [-0.2, -0.15) is 0 Å². The Labute approximate surface area is 125 Å². The van der Waals surface area contributed by atoms with Crippen molar-refractivity contribution in [2.75, 3.05) is 0 Å². The van der Waals surface area contributed by atoms with Crippen molar-refractivity contribution in [3.8, 4) is 0 Å². The van der Waals surface area contributed by atoms with Gasteiger partial charge in [-0.05, 0) is 30.5 Å². The zero-order valence-corrected chi connectivity index (χ0v) is 12.5. The van der Waals surface area contributed by atoms with Gasteiger partial charge in [0.25, 0.3) is 0 Å². The maximum Gasteiger partial charge on any atom is 0.144 e. The molecule has 1 atom stereocenters. The molecule has 1 spiro atoms. The van der Waals surface area contributed by atoms with E-state index in [1.54, 1.807) is 0 Å². The van der Waals surface area contributed by atoms with Crippen LogP contribution >= 0.6 is 11.6 Å². The van der Waals surface area contributed by atoms with E-state index < -0.39 is 0 Å². The van der Waals surface area contributed by atoms with Gasteiger partial charge in [-0.15, -0.1) is 0 Å². The van der Waals surface area contributed by atoms with E-state index in [0.717, 1.165) is 23.4 Å². The number of halogens is 1. The minimum atomic E-state index is -0.150. The zero-order chi connectivity index (χ0) is 14.0. The van der Waals surface area contributed by atoms with Crippen molar-refractivity contribution in [2.24, 2.45) is 5.41 Å². The quantitative estimate of drug-likeness (QED) is 0.817. The lowest BCUT2D eigenvalue weighted by atomic mass is 9.60. The van der Waals surface area contributed by atoms with E-state index in [-0.39, 0.29) is 11.5 Å². The van der Waals surface area contributed by atoms with Gasteiger partial charge in [-0.1, -0.05) is 49.4 Å². The van der Waals surface area contributed by atoms with E-state index in [9.17, 15) is 4.79 Å².